The molecule has 0 aromatic carbocycles. The highest BCUT2D eigenvalue weighted by Crippen LogP contribution is 2.38. The molecular formula is C15H27N3O2S. The Balaban J connectivity index is 2.19. The molecule has 0 bridgehead atoms. The van der Waals surface area contributed by atoms with Crippen molar-refractivity contribution in [1.82, 2.24) is 14.5 Å². The molecular weight excluding hydrogens is 286 g/mol. The van der Waals surface area contributed by atoms with E-state index in [0.717, 1.165) is 19.3 Å². The van der Waals surface area contributed by atoms with Gasteiger partial charge in [0.25, 0.3) is 0 Å². The molecule has 1 fully saturated rings. The summed E-state index contributed by atoms with van der Waals surface area (Å²) in [4.78, 5) is 0.306. The summed E-state index contributed by atoms with van der Waals surface area (Å²) in [6.45, 7) is 11.1. The highest BCUT2D eigenvalue weighted by Gasteiger charge is 2.34. The lowest BCUT2D eigenvalue weighted by Crippen LogP contribution is -2.43. The van der Waals surface area contributed by atoms with E-state index in [-0.39, 0.29) is 11.5 Å². The monoisotopic (exact) mass is 313 g/mol. The molecule has 0 saturated heterocycles. The van der Waals surface area contributed by atoms with Gasteiger partial charge in [0.2, 0.25) is 10.0 Å². The van der Waals surface area contributed by atoms with Crippen molar-refractivity contribution >= 4 is 10.0 Å². The second-order valence-electron chi connectivity index (χ2n) is 7.14. The standard InChI is InChI=1S/C15H27N3O2S/c1-6-18-12(3)14(10-16-18)21(19,20)17-13-7-11(2)8-15(4,5)9-13/h10-11,13,17H,6-9H2,1-5H3. The van der Waals surface area contributed by atoms with E-state index in [1.54, 1.807) is 11.6 Å². The number of nitrogens with zero attached hydrogens (tertiary/aromatic N) is 2. The molecule has 120 valence electrons. The molecule has 1 aromatic heterocycles. The third kappa shape index (κ3) is 3.66. The number of hydrogen-bond donors (Lipinski definition) is 1. The molecule has 0 amide bonds. The minimum atomic E-state index is -3.49. The molecule has 6 heteroatoms. The zero-order valence-electron chi connectivity index (χ0n) is 13.7. The van der Waals surface area contributed by atoms with E-state index in [4.69, 9.17) is 0 Å². The van der Waals surface area contributed by atoms with Crippen LogP contribution in [0.4, 0.5) is 0 Å². The lowest BCUT2D eigenvalue weighted by atomic mass is 9.71. The first-order chi connectivity index (χ1) is 9.64. The van der Waals surface area contributed by atoms with Gasteiger partial charge in [0, 0.05) is 12.6 Å². The first kappa shape index (κ1) is 16.5. The Hall–Kier alpha value is -0.880. The van der Waals surface area contributed by atoms with Gasteiger partial charge in [-0.25, -0.2) is 13.1 Å². The Morgan fingerprint density at radius 2 is 2.10 bits per heavy atom. The molecule has 2 unspecified atom stereocenters. The maximum absolute atomic E-state index is 12.6. The summed E-state index contributed by atoms with van der Waals surface area (Å²) in [6, 6.07) is 0.0122. The molecule has 1 aliphatic rings. The molecule has 0 aliphatic heterocycles. The summed E-state index contributed by atoms with van der Waals surface area (Å²) in [5.41, 5.74) is 0.890. The van der Waals surface area contributed by atoms with Crippen LogP contribution in [0.1, 0.15) is 52.7 Å². The summed E-state index contributed by atoms with van der Waals surface area (Å²) in [7, 11) is -3.49. The molecule has 1 aliphatic carbocycles. The molecule has 2 atom stereocenters. The van der Waals surface area contributed by atoms with Crippen LogP contribution in [0.2, 0.25) is 0 Å². The van der Waals surface area contributed by atoms with E-state index in [9.17, 15) is 8.42 Å². The molecule has 1 N–H and O–H groups in total. The fraction of sp³-hybridized carbons (Fsp3) is 0.800. The maximum atomic E-state index is 12.6. The van der Waals surface area contributed by atoms with Gasteiger partial charge in [-0.1, -0.05) is 20.8 Å². The normalized spacial score (nSPS) is 26.0. The number of aryl methyl sites for hydroxylation is 1. The van der Waals surface area contributed by atoms with Gasteiger partial charge in [-0.2, -0.15) is 5.10 Å². The zero-order chi connectivity index (χ0) is 15.8. The van der Waals surface area contributed by atoms with Crippen molar-refractivity contribution in [2.45, 2.75) is 71.4 Å². The van der Waals surface area contributed by atoms with Crippen molar-refractivity contribution in [3.05, 3.63) is 11.9 Å². The fourth-order valence-electron chi connectivity index (χ4n) is 3.73. The number of aromatic nitrogens is 2. The lowest BCUT2D eigenvalue weighted by molar-refractivity contribution is 0.163. The van der Waals surface area contributed by atoms with E-state index in [1.165, 1.54) is 6.20 Å². The topological polar surface area (TPSA) is 64.0 Å². The summed E-state index contributed by atoms with van der Waals surface area (Å²) >= 11 is 0. The van der Waals surface area contributed by atoms with Gasteiger partial charge in [0.05, 0.1) is 11.9 Å². The first-order valence-electron chi connectivity index (χ1n) is 7.69. The summed E-state index contributed by atoms with van der Waals surface area (Å²) in [6.07, 6.45) is 4.40. The summed E-state index contributed by atoms with van der Waals surface area (Å²) in [5, 5.41) is 4.13. The average Bonchev–Trinajstić information content (AvgIpc) is 2.67. The molecule has 2 rings (SSSR count). The van der Waals surface area contributed by atoms with Gasteiger partial charge in [0.1, 0.15) is 4.90 Å². The molecule has 0 spiro atoms. The van der Waals surface area contributed by atoms with Gasteiger partial charge in [0.15, 0.2) is 0 Å². The van der Waals surface area contributed by atoms with E-state index in [0.29, 0.717) is 23.1 Å². The van der Waals surface area contributed by atoms with Gasteiger partial charge in [-0.15, -0.1) is 0 Å². The molecule has 5 nitrogen and oxygen atoms in total. The third-order valence-electron chi connectivity index (χ3n) is 4.36. The second kappa shape index (κ2) is 5.72. The smallest absolute Gasteiger partial charge is 0.244 e. The van der Waals surface area contributed by atoms with Crippen LogP contribution in [0.25, 0.3) is 0 Å². The Morgan fingerprint density at radius 3 is 2.62 bits per heavy atom. The molecule has 1 aromatic rings. The Kier molecular flexibility index (Phi) is 4.49. The zero-order valence-corrected chi connectivity index (χ0v) is 14.5. The Bertz CT molecular complexity index is 604. The molecule has 0 radical (unpaired) electrons. The number of rotatable bonds is 4. The summed E-state index contributed by atoms with van der Waals surface area (Å²) < 4.78 is 29.8. The van der Waals surface area contributed by atoms with Crippen molar-refractivity contribution in [1.29, 1.82) is 0 Å². The highest BCUT2D eigenvalue weighted by atomic mass is 32.2. The van der Waals surface area contributed by atoms with Gasteiger partial charge < -0.3 is 0 Å². The second-order valence-corrected chi connectivity index (χ2v) is 8.82. The van der Waals surface area contributed by atoms with Gasteiger partial charge in [-0.3, -0.25) is 4.68 Å². The molecule has 1 saturated carbocycles. The van der Waals surface area contributed by atoms with Crippen LogP contribution in [0.15, 0.2) is 11.1 Å². The van der Waals surface area contributed by atoms with Crippen LogP contribution in [0.3, 0.4) is 0 Å². The van der Waals surface area contributed by atoms with Crippen molar-refractivity contribution in [3.63, 3.8) is 0 Å². The fourth-order valence-corrected chi connectivity index (χ4v) is 5.16. The van der Waals surface area contributed by atoms with Crippen LogP contribution in [0.5, 0.6) is 0 Å². The van der Waals surface area contributed by atoms with Crippen molar-refractivity contribution in [2.75, 3.05) is 0 Å². The van der Waals surface area contributed by atoms with E-state index >= 15 is 0 Å². The van der Waals surface area contributed by atoms with Crippen LogP contribution < -0.4 is 4.72 Å². The van der Waals surface area contributed by atoms with Gasteiger partial charge in [-0.05, 0) is 44.4 Å². The quantitative estimate of drug-likeness (QED) is 0.929. The minimum absolute atomic E-state index is 0.0122. The van der Waals surface area contributed by atoms with Gasteiger partial charge >= 0.3 is 0 Å². The number of nitrogens with one attached hydrogen (secondary N) is 1. The molecule has 1 heterocycles. The Morgan fingerprint density at radius 1 is 1.43 bits per heavy atom. The maximum Gasteiger partial charge on any atom is 0.244 e. The molecule has 21 heavy (non-hydrogen) atoms. The van der Waals surface area contributed by atoms with Crippen LogP contribution >= 0.6 is 0 Å². The average molecular weight is 313 g/mol. The lowest BCUT2D eigenvalue weighted by Gasteiger charge is -2.39. The van der Waals surface area contributed by atoms with Crippen molar-refractivity contribution in [2.24, 2.45) is 11.3 Å². The number of sulfonamides is 1. The van der Waals surface area contributed by atoms with Crippen LogP contribution in [-0.4, -0.2) is 24.2 Å². The van der Waals surface area contributed by atoms with Crippen molar-refractivity contribution < 1.29 is 8.42 Å². The SMILES string of the molecule is CCn1ncc(S(=O)(=O)NC2CC(C)CC(C)(C)C2)c1C. The summed E-state index contributed by atoms with van der Waals surface area (Å²) in [5.74, 6) is 0.543. The van der Waals surface area contributed by atoms with E-state index < -0.39 is 10.0 Å². The van der Waals surface area contributed by atoms with Crippen LogP contribution in [-0.2, 0) is 16.6 Å². The van der Waals surface area contributed by atoms with E-state index in [2.05, 4.69) is 30.6 Å². The highest BCUT2D eigenvalue weighted by molar-refractivity contribution is 7.89. The number of hydrogen-bond acceptors (Lipinski definition) is 3. The van der Waals surface area contributed by atoms with Crippen LogP contribution in [0, 0.1) is 18.3 Å². The predicted octanol–water partition coefficient (Wildman–Crippen LogP) is 2.70. The third-order valence-corrected chi connectivity index (χ3v) is 5.98. The largest absolute Gasteiger partial charge is 0.269 e. The van der Waals surface area contributed by atoms with Crippen molar-refractivity contribution in [3.8, 4) is 0 Å². The first-order valence-corrected chi connectivity index (χ1v) is 9.17. The minimum Gasteiger partial charge on any atom is -0.269 e. The predicted molar refractivity (Wildman–Crippen MR) is 83.5 cm³/mol. The van der Waals surface area contributed by atoms with E-state index in [1.807, 2.05) is 6.92 Å². The Labute approximate surface area is 128 Å².